The molecule has 1 N–H and O–H groups in total. The SMILES string of the molecule is CCCNC(Cc1c(Cl)cccc1Cl)C(OC)C(C)C. The van der Waals surface area contributed by atoms with Gasteiger partial charge < -0.3 is 10.1 Å². The zero-order chi connectivity index (χ0) is 15.1. The molecule has 0 aromatic heterocycles. The van der Waals surface area contributed by atoms with Crippen LogP contribution in [0.3, 0.4) is 0 Å². The molecule has 2 atom stereocenters. The lowest BCUT2D eigenvalue weighted by atomic mass is 9.93. The predicted molar refractivity (Wildman–Crippen MR) is 87.9 cm³/mol. The Morgan fingerprint density at radius 3 is 2.25 bits per heavy atom. The van der Waals surface area contributed by atoms with Gasteiger partial charge in [-0.05, 0) is 43.0 Å². The molecule has 0 bridgehead atoms. The molecule has 0 aliphatic rings. The fraction of sp³-hybridized carbons (Fsp3) is 0.625. The first-order chi connectivity index (χ1) is 9.51. The molecule has 1 aromatic rings. The number of methoxy groups -OCH3 is 1. The highest BCUT2D eigenvalue weighted by Crippen LogP contribution is 2.27. The molecular weight excluding hydrogens is 293 g/mol. The van der Waals surface area contributed by atoms with Crippen molar-refractivity contribution in [1.29, 1.82) is 0 Å². The summed E-state index contributed by atoms with van der Waals surface area (Å²) >= 11 is 12.6. The van der Waals surface area contributed by atoms with Crippen molar-refractivity contribution >= 4 is 23.2 Å². The number of halogens is 2. The quantitative estimate of drug-likeness (QED) is 0.758. The third-order valence-corrected chi connectivity index (χ3v) is 4.18. The van der Waals surface area contributed by atoms with Gasteiger partial charge in [-0.3, -0.25) is 0 Å². The smallest absolute Gasteiger partial charge is 0.0750 e. The van der Waals surface area contributed by atoms with Crippen LogP contribution in [0.2, 0.25) is 10.0 Å². The van der Waals surface area contributed by atoms with E-state index < -0.39 is 0 Å². The molecule has 20 heavy (non-hydrogen) atoms. The lowest BCUT2D eigenvalue weighted by Gasteiger charge is -2.30. The summed E-state index contributed by atoms with van der Waals surface area (Å²) in [6, 6.07) is 5.85. The molecule has 0 saturated heterocycles. The largest absolute Gasteiger partial charge is 0.380 e. The number of hydrogen-bond donors (Lipinski definition) is 1. The van der Waals surface area contributed by atoms with Gasteiger partial charge in [-0.2, -0.15) is 0 Å². The molecule has 0 fully saturated rings. The van der Waals surface area contributed by atoms with E-state index in [-0.39, 0.29) is 12.1 Å². The summed E-state index contributed by atoms with van der Waals surface area (Å²) in [5.41, 5.74) is 0.993. The molecule has 0 aliphatic heterocycles. The summed E-state index contributed by atoms with van der Waals surface area (Å²) in [4.78, 5) is 0. The molecule has 114 valence electrons. The first-order valence-corrected chi connectivity index (χ1v) is 7.95. The van der Waals surface area contributed by atoms with Gasteiger partial charge in [-0.15, -0.1) is 0 Å². The van der Waals surface area contributed by atoms with E-state index in [2.05, 4.69) is 26.1 Å². The second kappa shape index (κ2) is 8.89. The van der Waals surface area contributed by atoms with Crippen molar-refractivity contribution in [1.82, 2.24) is 5.32 Å². The van der Waals surface area contributed by atoms with Gasteiger partial charge in [0.15, 0.2) is 0 Å². The Balaban J connectivity index is 2.93. The molecule has 0 heterocycles. The molecule has 4 heteroatoms. The molecular formula is C16H25Cl2NO. The van der Waals surface area contributed by atoms with E-state index in [4.69, 9.17) is 27.9 Å². The van der Waals surface area contributed by atoms with E-state index in [1.165, 1.54) is 0 Å². The molecule has 0 aliphatic carbocycles. The van der Waals surface area contributed by atoms with Crippen LogP contribution in [0.1, 0.15) is 32.8 Å². The minimum atomic E-state index is 0.133. The molecule has 1 rings (SSSR count). The van der Waals surface area contributed by atoms with Gasteiger partial charge in [0.05, 0.1) is 6.10 Å². The summed E-state index contributed by atoms with van der Waals surface area (Å²) in [5.74, 6) is 0.426. The van der Waals surface area contributed by atoms with E-state index in [0.29, 0.717) is 5.92 Å². The van der Waals surface area contributed by atoms with E-state index in [1.807, 2.05) is 18.2 Å². The molecule has 1 aromatic carbocycles. The molecule has 0 amide bonds. The molecule has 2 unspecified atom stereocenters. The first-order valence-electron chi connectivity index (χ1n) is 7.20. The number of hydrogen-bond acceptors (Lipinski definition) is 2. The highest BCUT2D eigenvalue weighted by molar-refractivity contribution is 6.36. The number of rotatable bonds is 8. The van der Waals surface area contributed by atoms with Crippen LogP contribution in [0, 0.1) is 5.92 Å². The second-order valence-corrected chi connectivity index (χ2v) is 6.22. The highest BCUT2D eigenvalue weighted by Gasteiger charge is 2.25. The van der Waals surface area contributed by atoms with Gasteiger partial charge in [0.1, 0.15) is 0 Å². The monoisotopic (exact) mass is 317 g/mol. The van der Waals surface area contributed by atoms with Crippen LogP contribution in [0.25, 0.3) is 0 Å². The third kappa shape index (κ3) is 4.92. The molecule has 2 nitrogen and oxygen atoms in total. The van der Waals surface area contributed by atoms with Crippen molar-refractivity contribution in [3.05, 3.63) is 33.8 Å². The molecule has 0 spiro atoms. The van der Waals surface area contributed by atoms with Crippen molar-refractivity contribution in [3.8, 4) is 0 Å². The van der Waals surface area contributed by atoms with Gasteiger partial charge in [-0.25, -0.2) is 0 Å². The van der Waals surface area contributed by atoms with Crippen LogP contribution in [-0.4, -0.2) is 25.8 Å². The van der Waals surface area contributed by atoms with Crippen LogP contribution in [-0.2, 0) is 11.2 Å². The van der Waals surface area contributed by atoms with Crippen molar-refractivity contribution in [2.75, 3.05) is 13.7 Å². The van der Waals surface area contributed by atoms with E-state index in [9.17, 15) is 0 Å². The van der Waals surface area contributed by atoms with Crippen LogP contribution in [0.15, 0.2) is 18.2 Å². The second-order valence-electron chi connectivity index (χ2n) is 5.41. The Labute approximate surface area is 132 Å². The average Bonchev–Trinajstić information content (AvgIpc) is 2.39. The topological polar surface area (TPSA) is 21.3 Å². The number of benzene rings is 1. The Hall–Kier alpha value is -0.280. The minimum Gasteiger partial charge on any atom is -0.380 e. The van der Waals surface area contributed by atoms with Gasteiger partial charge in [0, 0.05) is 23.2 Å². The zero-order valence-corrected chi connectivity index (χ0v) is 14.3. The van der Waals surface area contributed by atoms with Crippen LogP contribution >= 0.6 is 23.2 Å². The lowest BCUT2D eigenvalue weighted by Crippen LogP contribution is -2.45. The van der Waals surface area contributed by atoms with Gasteiger partial charge >= 0.3 is 0 Å². The third-order valence-electron chi connectivity index (χ3n) is 3.47. The molecule has 0 saturated carbocycles. The zero-order valence-electron chi connectivity index (χ0n) is 12.7. The van der Waals surface area contributed by atoms with Crippen molar-refractivity contribution in [2.24, 2.45) is 5.92 Å². The normalized spacial score (nSPS) is 14.6. The fourth-order valence-corrected chi connectivity index (χ4v) is 3.03. The maximum Gasteiger partial charge on any atom is 0.0750 e. The van der Waals surface area contributed by atoms with Crippen LogP contribution < -0.4 is 5.32 Å². The summed E-state index contributed by atoms with van der Waals surface area (Å²) < 4.78 is 5.67. The maximum absolute atomic E-state index is 6.28. The lowest BCUT2D eigenvalue weighted by molar-refractivity contribution is 0.0333. The minimum absolute atomic E-state index is 0.133. The van der Waals surface area contributed by atoms with Gasteiger partial charge in [0.25, 0.3) is 0 Å². The van der Waals surface area contributed by atoms with Crippen LogP contribution in [0.4, 0.5) is 0 Å². The predicted octanol–water partition coefficient (Wildman–Crippen LogP) is 4.58. The van der Waals surface area contributed by atoms with Crippen molar-refractivity contribution < 1.29 is 4.74 Å². The van der Waals surface area contributed by atoms with E-state index in [0.717, 1.165) is 35.0 Å². The van der Waals surface area contributed by atoms with Crippen molar-refractivity contribution in [3.63, 3.8) is 0 Å². The van der Waals surface area contributed by atoms with E-state index >= 15 is 0 Å². The summed E-state index contributed by atoms with van der Waals surface area (Å²) in [6.07, 6.45) is 1.99. The Morgan fingerprint density at radius 2 is 1.80 bits per heavy atom. The number of ether oxygens (including phenoxy) is 1. The Bertz CT molecular complexity index is 389. The molecule has 0 radical (unpaired) electrons. The summed E-state index contributed by atoms with van der Waals surface area (Å²) in [5, 5.41) is 5.01. The average molecular weight is 318 g/mol. The summed E-state index contributed by atoms with van der Waals surface area (Å²) in [7, 11) is 1.76. The van der Waals surface area contributed by atoms with E-state index in [1.54, 1.807) is 7.11 Å². The van der Waals surface area contributed by atoms with Crippen molar-refractivity contribution in [2.45, 2.75) is 45.8 Å². The number of nitrogens with one attached hydrogen (secondary N) is 1. The maximum atomic E-state index is 6.28. The van der Waals surface area contributed by atoms with Gasteiger partial charge in [-0.1, -0.05) is 50.0 Å². The van der Waals surface area contributed by atoms with Crippen LogP contribution in [0.5, 0.6) is 0 Å². The Kier molecular flexibility index (Phi) is 7.90. The summed E-state index contributed by atoms with van der Waals surface area (Å²) in [6.45, 7) is 7.45. The standard InChI is InChI=1S/C16H25Cl2NO/c1-5-9-19-15(16(20-4)11(2)3)10-12-13(17)7-6-8-14(12)18/h6-8,11,15-16,19H,5,9-10H2,1-4H3. The highest BCUT2D eigenvalue weighted by atomic mass is 35.5. The first kappa shape index (κ1) is 17.8. The fourth-order valence-electron chi connectivity index (χ4n) is 2.48. The van der Waals surface area contributed by atoms with Gasteiger partial charge in [0.2, 0.25) is 0 Å². The Morgan fingerprint density at radius 1 is 1.20 bits per heavy atom.